The third-order valence-corrected chi connectivity index (χ3v) is 2.94. The summed E-state index contributed by atoms with van der Waals surface area (Å²) in [7, 11) is 0. The van der Waals surface area contributed by atoms with Gasteiger partial charge in [0.15, 0.2) is 6.61 Å². The van der Waals surface area contributed by atoms with Crippen molar-refractivity contribution < 1.29 is 23.1 Å². The fraction of sp³-hybridized carbons (Fsp3) is 0.0714. The molecule has 8 heteroatoms. The number of carbonyl (C=O) groups is 2. The number of hydrogen-bond acceptors (Lipinski definition) is 4. The van der Waals surface area contributed by atoms with E-state index in [2.05, 4.69) is 20.9 Å². The molecular weight excluding hydrogens is 362 g/mol. The minimum absolute atomic E-state index is 0.138. The lowest BCUT2D eigenvalue weighted by Gasteiger charge is -2.08. The minimum Gasteiger partial charge on any atom is -0.452 e. The molecule has 0 unspecified atom stereocenters. The van der Waals surface area contributed by atoms with Gasteiger partial charge in [0, 0.05) is 16.9 Å². The highest BCUT2D eigenvalue weighted by molar-refractivity contribution is 9.10. The summed E-state index contributed by atoms with van der Waals surface area (Å²) in [6, 6.07) is 4.63. The van der Waals surface area contributed by atoms with Gasteiger partial charge in [0.25, 0.3) is 5.91 Å². The number of hydrogen-bond donors (Lipinski definition) is 1. The van der Waals surface area contributed by atoms with Crippen molar-refractivity contribution in [1.29, 1.82) is 0 Å². The number of benzene rings is 1. The molecule has 0 radical (unpaired) electrons. The zero-order chi connectivity index (χ0) is 16.1. The Balaban J connectivity index is 1.94. The van der Waals surface area contributed by atoms with E-state index < -0.39 is 35.8 Å². The van der Waals surface area contributed by atoms with Gasteiger partial charge in [-0.3, -0.25) is 9.78 Å². The summed E-state index contributed by atoms with van der Waals surface area (Å²) in [6.07, 6.45) is 2.74. The molecule has 1 heterocycles. The zero-order valence-corrected chi connectivity index (χ0v) is 12.6. The van der Waals surface area contributed by atoms with Crippen LogP contribution in [0.4, 0.5) is 14.5 Å². The number of aromatic nitrogens is 1. The van der Waals surface area contributed by atoms with Gasteiger partial charge in [0.05, 0.1) is 5.56 Å². The van der Waals surface area contributed by atoms with Crippen molar-refractivity contribution in [2.45, 2.75) is 0 Å². The summed E-state index contributed by atoms with van der Waals surface area (Å²) in [5.41, 5.74) is -0.452. The van der Waals surface area contributed by atoms with E-state index in [4.69, 9.17) is 4.74 Å². The zero-order valence-electron chi connectivity index (χ0n) is 11.0. The molecule has 0 aliphatic carbocycles. The van der Waals surface area contributed by atoms with Crippen LogP contribution in [0, 0.1) is 11.6 Å². The molecule has 2 rings (SSSR count). The lowest BCUT2D eigenvalue weighted by atomic mass is 10.3. The van der Waals surface area contributed by atoms with Crippen LogP contribution in [0.5, 0.6) is 0 Å². The monoisotopic (exact) mass is 370 g/mol. The van der Waals surface area contributed by atoms with Crippen molar-refractivity contribution in [3.05, 3.63) is 58.3 Å². The molecule has 1 aromatic carbocycles. The normalized spacial score (nSPS) is 10.1. The third-order valence-electron chi connectivity index (χ3n) is 2.50. The maximum absolute atomic E-state index is 13.3. The van der Waals surface area contributed by atoms with Gasteiger partial charge < -0.3 is 10.1 Å². The fourth-order valence-electron chi connectivity index (χ4n) is 1.53. The van der Waals surface area contributed by atoms with E-state index in [-0.39, 0.29) is 5.56 Å². The van der Waals surface area contributed by atoms with Crippen molar-refractivity contribution in [2.24, 2.45) is 0 Å². The van der Waals surface area contributed by atoms with Crippen molar-refractivity contribution in [3.63, 3.8) is 0 Å². The van der Waals surface area contributed by atoms with Gasteiger partial charge in [-0.15, -0.1) is 0 Å². The molecule has 0 aliphatic rings. The predicted molar refractivity (Wildman–Crippen MR) is 77.2 cm³/mol. The maximum atomic E-state index is 13.3. The maximum Gasteiger partial charge on any atom is 0.340 e. The second-order valence-corrected chi connectivity index (χ2v) is 5.03. The number of anilines is 1. The molecule has 0 bridgehead atoms. The summed E-state index contributed by atoms with van der Waals surface area (Å²) in [6.45, 7) is -0.681. The van der Waals surface area contributed by atoms with Crippen LogP contribution in [-0.2, 0) is 9.53 Å². The van der Waals surface area contributed by atoms with E-state index in [1.165, 1.54) is 24.5 Å². The molecule has 0 atom stereocenters. The quantitative estimate of drug-likeness (QED) is 0.840. The lowest BCUT2D eigenvalue weighted by Crippen LogP contribution is -2.22. The van der Waals surface area contributed by atoms with Crippen LogP contribution in [-0.4, -0.2) is 23.5 Å². The summed E-state index contributed by atoms with van der Waals surface area (Å²) >= 11 is 3.14. The predicted octanol–water partition coefficient (Wildman–Crippen LogP) is 2.92. The highest BCUT2D eigenvalue weighted by Gasteiger charge is 2.14. The Morgan fingerprint density at radius 2 is 1.91 bits per heavy atom. The highest BCUT2D eigenvalue weighted by Crippen LogP contribution is 2.17. The van der Waals surface area contributed by atoms with Gasteiger partial charge in [-0.05, 0) is 34.1 Å². The van der Waals surface area contributed by atoms with Crippen LogP contribution in [0.25, 0.3) is 0 Å². The number of rotatable bonds is 4. The largest absolute Gasteiger partial charge is 0.452 e. The first-order valence-corrected chi connectivity index (χ1v) is 6.78. The smallest absolute Gasteiger partial charge is 0.340 e. The molecule has 1 aromatic heterocycles. The van der Waals surface area contributed by atoms with Gasteiger partial charge in [0.1, 0.15) is 17.3 Å². The summed E-state index contributed by atoms with van der Waals surface area (Å²) in [5, 5.41) is 2.01. The Labute approximate surface area is 132 Å². The lowest BCUT2D eigenvalue weighted by molar-refractivity contribution is -0.119. The van der Waals surface area contributed by atoms with E-state index in [0.29, 0.717) is 4.47 Å². The Bertz CT molecular complexity index is 705. The van der Waals surface area contributed by atoms with Gasteiger partial charge >= 0.3 is 5.97 Å². The molecule has 1 amide bonds. The average molecular weight is 371 g/mol. The SMILES string of the molecule is O=C(COC(=O)c1cncc(Br)c1)Nc1c(F)cccc1F. The number of nitrogens with zero attached hydrogens (tertiary/aromatic N) is 1. The molecule has 1 N–H and O–H groups in total. The van der Waals surface area contributed by atoms with Gasteiger partial charge in [-0.1, -0.05) is 6.07 Å². The number of pyridine rings is 1. The highest BCUT2D eigenvalue weighted by atomic mass is 79.9. The van der Waals surface area contributed by atoms with Crippen molar-refractivity contribution in [1.82, 2.24) is 4.98 Å². The second-order valence-electron chi connectivity index (χ2n) is 4.11. The fourth-order valence-corrected chi connectivity index (χ4v) is 1.90. The van der Waals surface area contributed by atoms with Crippen LogP contribution in [0.1, 0.15) is 10.4 Å². The van der Waals surface area contributed by atoms with Crippen molar-refractivity contribution in [3.8, 4) is 0 Å². The van der Waals surface area contributed by atoms with Crippen LogP contribution in [0.3, 0.4) is 0 Å². The molecule has 0 aliphatic heterocycles. The Morgan fingerprint density at radius 3 is 2.55 bits per heavy atom. The van der Waals surface area contributed by atoms with Gasteiger partial charge in [-0.25, -0.2) is 13.6 Å². The number of para-hydroxylation sites is 1. The first kappa shape index (κ1) is 16.0. The standard InChI is InChI=1S/C14H9BrF2N2O3/c15-9-4-8(5-18-6-9)14(21)22-7-12(20)19-13-10(16)2-1-3-11(13)17/h1-6H,7H2,(H,19,20). The summed E-state index contributed by atoms with van der Waals surface area (Å²) in [4.78, 5) is 27.0. The van der Waals surface area contributed by atoms with Crippen LogP contribution < -0.4 is 5.32 Å². The molecule has 5 nitrogen and oxygen atoms in total. The topological polar surface area (TPSA) is 68.3 Å². The number of nitrogens with one attached hydrogen (secondary N) is 1. The van der Waals surface area contributed by atoms with Crippen LogP contribution in [0.2, 0.25) is 0 Å². The molecule has 0 spiro atoms. The first-order chi connectivity index (χ1) is 10.5. The van der Waals surface area contributed by atoms with Gasteiger partial charge in [-0.2, -0.15) is 0 Å². The molecule has 2 aromatic rings. The minimum atomic E-state index is -0.920. The van der Waals surface area contributed by atoms with E-state index >= 15 is 0 Å². The molecule has 0 fully saturated rings. The van der Waals surface area contributed by atoms with Gasteiger partial charge in [0.2, 0.25) is 0 Å². The summed E-state index contributed by atoms with van der Waals surface area (Å²) < 4.78 is 32.0. The Kier molecular flexibility index (Phi) is 5.16. The number of esters is 1. The number of carbonyl (C=O) groups excluding carboxylic acids is 2. The summed E-state index contributed by atoms with van der Waals surface area (Å²) in [5.74, 6) is -3.48. The molecule has 114 valence electrons. The number of halogens is 3. The van der Waals surface area contributed by atoms with E-state index in [1.54, 1.807) is 0 Å². The van der Waals surface area contributed by atoms with Crippen molar-refractivity contribution >= 4 is 33.5 Å². The second kappa shape index (κ2) is 7.08. The Morgan fingerprint density at radius 1 is 1.23 bits per heavy atom. The van der Waals surface area contributed by atoms with Crippen molar-refractivity contribution in [2.75, 3.05) is 11.9 Å². The number of amides is 1. The average Bonchev–Trinajstić information content (AvgIpc) is 2.48. The van der Waals surface area contributed by atoms with Crippen LogP contribution in [0.15, 0.2) is 41.1 Å². The van der Waals surface area contributed by atoms with E-state index in [0.717, 1.165) is 12.1 Å². The first-order valence-electron chi connectivity index (χ1n) is 5.99. The molecule has 0 saturated carbocycles. The molecular formula is C14H9BrF2N2O3. The number of ether oxygens (including phenoxy) is 1. The van der Waals surface area contributed by atoms with E-state index in [9.17, 15) is 18.4 Å². The van der Waals surface area contributed by atoms with Crippen LogP contribution >= 0.6 is 15.9 Å². The third kappa shape index (κ3) is 4.08. The molecule has 22 heavy (non-hydrogen) atoms. The Hall–Kier alpha value is -2.35. The van der Waals surface area contributed by atoms with E-state index in [1.807, 2.05) is 5.32 Å². The molecule has 0 saturated heterocycles.